The highest BCUT2D eigenvalue weighted by Crippen LogP contribution is 2.23. The number of halogens is 2. The molecule has 1 amide bonds. The quantitative estimate of drug-likeness (QED) is 0.627. The Bertz CT molecular complexity index is 1020. The number of rotatable bonds is 4. The maximum absolute atomic E-state index is 13.5. The van der Waals surface area contributed by atoms with Crippen molar-refractivity contribution in [2.75, 3.05) is 7.11 Å². The predicted octanol–water partition coefficient (Wildman–Crippen LogP) is 3.86. The van der Waals surface area contributed by atoms with E-state index in [1.807, 2.05) is 0 Å². The van der Waals surface area contributed by atoms with Crippen molar-refractivity contribution in [2.24, 2.45) is 4.99 Å². The number of hydrogen-bond acceptors (Lipinski definition) is 5. The zero-order valence-corrected chi connectivity index (χ0v) is 15.4. The van der Waals surface area contributed by atoms with Crippen molar-refractivity contribution in [1.82, 2.24) is 4.57 Å². The van der Waals surface area contributed by atoms with Crippen LogP contribution >= 0.6 is 34.3 Å². The van der Waals surface area contributed by atoms with Gasteiger partial charge < -0.3 is 9.30 Å². The number of amides is 1. The van der Waals surface area contributed by atoms with Gasteiger partial charge in [0.1, 0.15) is 5.82 Å². The molecule has 0 bridgehead atoms. The second-order valence-corrected chi connectivity index (χ2v) is 7.72. The van der Waals surface area contributed by atoms with Gasteiger partial charge in [-0.25, -0.2) is 4.39 Å². The van der Waals surface area contributed by atoms with E-state index in [0.717, 1.165) is 11.3 Å². The summed E-state index contributed by atoms with van der Waals surface area (Å²) in [6.45, 7) is 0.273. The summed E-state index contributed by atoms with van der Waals surface area (Å²) in [5.74, 6) is -1.19. The number of hydrogen-bond donors (Lipinski definition) is 0. The van der Waals surface area contributed by atoms with E-state index in [9.17, 15) is 14.0 Å². The van der Waals surface area contributed by atoms with Crippen LogP contribution < -0.4 is 4.80 Å². The first-order chi connectivity index (χ1) is 12.0. The molecule has 0 atom stereocenters. The summed E-state index contributed by atoms with van der Waals surface area (Å²) >= 11 is 8.17. The van der Waals surface area contributed by atoms with Crippen molar-refractivity contribution in [3.8, 4) is 0 Å². The lowest BCUT2D eigenvalue weighted by molar-refractivity contribution is -0.140. The first kappa shape index (κ1) is 17.8. The van der Waals surface area contributed by atoms with Gasteiger partial charge in [-0.2, -0.15) is 4.99 Å². The molecule has 0 saturated carbocycles. The molecule has 2 aromatic heterocycles. The van der Waals surface area contributed by atoms with E-state index in [-0.39, 0.29) is 24.8 Å². The Morgan fingerprint density at radius 2 is 2.08 bits per heavy atom. The number of esters is 1. The SMILES string of the molecule is COC(=O)CCn1c(=NC(=O)c2ccc(Cl)s2)sc2cc(F)ccc21. The summed E-state index contributed by atoms with van der Waals surface area (Å²) in [6, 6.07) is 7.53. The average molecular weight is 399 g/mol. The van der Waals surface area contributed by atoms with Crippen molar-refractivity contribution in [1.29, 1.82) is 0 Å². The molecule has 0 spiro atoms. The molecule has 0 aliphatic heterocycles. The van der Waals surface area contributed by atoms with E-state index >= 15 is 0 Å². The first-order valence-corrected chi connectivity index (χ1v) is 9.19. The van der Waals surface area contributed by atoms with Gasteiger partial charge >= 0.3 is 5.97 Å². The molecular weight excluding hydrogens is 387 g/mol. The van der Waals surface area contributed by atoms with Crippen LogP contribution in [0.2, 0.25) is 4.34 Å². The van der Waals surface area contributed by atoms with Gasteiger partial charge in [0.15, 0.2) is 4.80 Å². The number of aromatic nitrogens is 1. The van der Waals surface area contributed by atoms with Crippen LogP contribution in [0.25, 0.3) is 10.2 Å². The number of thiophene rings is 1. The standard InChI is InChI=1S/C16H12ClFN2O3S2/c1-23-14(21)6-7-20-10-3-2-9(18)8-12(10)25-16(20)19-15(22)11-4-5-13(17)24-11/h2-5,8H,6-7H2,1H3. The average Bonchev–Trinajstić information content (AvgIpc) is 3.15. The summed E-state index contributed by atoms with van der Waals surface area (Å²) in [5, 5.41) is 0. The molecule has 2 heterocycles. The van der Waals surface area contributed by atoms with E-state index in [1.165, 1.54) is 30.6 Å². The molecular formula is C16H12ClFN2O3S2. The summed E-state index contributed by atoms with van der Waals surface area (Å²) in [6.07, 6.45) is 0.117. The number of carbonyl (C=O) groups excluding carboxylic acids is 2. The first-order valence-electron chi connectivity index (χ1n) is 7.18. The second-order valence-electron chi connectivity index (χ2n) is 5.00. The summed E-state index contributed by atoms with van der Waals surface area (Å²) in [5.41, 5.74) is 0.700. The molecule has 0 N–H and O–H groups in total. The van der Waals surface area contributed by atoms with Gasteiger partial charge in [0, 0.05) is 6.54 Å². The fourth-order valence-corrected chi connectivity index (χ4v) is 4.23. The topological polar surface area (TPSA) is 60.7 Å². The van der Waals surface area contributed by atoms with Gasteiger partial charge in [-0.15, -0.1) is 11.3 Å². The molecule has 0 aliphatic carbocycles. The normalized spacial score (nSPS) is 11.9. The fraction of sp³-hybridized carbons (Fsp3) is 0.188. The van der Waals surface area contributed by atoms with Crippen molar-refractivity contribution < 1.29 is 18.7 Å². The van der Waals surface area contributed by atoms with Crippen LogP contribution in [0, 0.1) is 5.82 Å². The van der Waals surface area contributed by atoms with Crippen molar-refractivity contribution in [3.63, 3.8) is 0 Å². The number of thiazole rings is 1. The third-order valence-corrected chi connectivity index (χ3v) is 5.65. The maximum Gasteiger partial charge on any atom is 0.307 e. The number of ether oxygens (including phenoxy) is 1. The molecule has 3 rings (SSSR count). The maximum atomic E-state index is 13.5. The van der Waals surface area contributed by atoms with Crippen molar-refractivity contribution >= 4 is 56.4 Å². The molecule has 0 aliphatic rings. The number of carbonyl (C=O) groups is 2. The highest BCUT2D eigenvalue weighted by Gasteiger charge is 2.12. The molecule has 0 unspecified atom stereocenters. The lowest BCUT2D eigenvalue weighted by Gasteiger charge is -2.04. The minimum absolute atomic E-state index is 0.117. The molecule has 0 fully saturated rings. The van der Waals surface area contributed by atoms with Crippen LogP contribution in [0.15, 0.2) is 35.3 Å². The largest absolute Gasteiger partial charge is 0.469 e. The van der Waals surface area contributed by atoms with Gasteiger partial charge in [-0.3, -0.25) is 9.59 Å². The smallest absolute Gasteiger partial charge is 0.307 e. The molecule has 5 nitrogen and oxygen atoms in total. The zero-order chi connectivity index (χ0) is 18.0. The Morgan fingerprint density at radius 1 is 1.28 bits per heavy atom. The van der Waals surface area contributed by atoms with Gasteiger partial charge in [0.25, 0.3) is 5.91 Å². The van der Waals surface area contributed by atoms with Crippen LogP contribution in [0.4, 0.5) is 4.39 Å². The lowest BCUT2D eigenvalue weighted by Crippen LogP contribution is -2.19. The molecule has 25 heavy (non-hydrogen) atoms. The minimum Gasteiger partial charge on any atom is -0.469 e. The fourth-order valence-electron chi connectivity index (χ4n) is 2.22. The number of nitrogens with zero attached hydrogens (tertiary/aromatic N) is 2. The Morgan fingerprint density at radius 3 is 2.76 bits per heavy atom. The summed E-state index contributed by atoms with van der Waals surface area (Å²) in [7, 11) is 1.31. The highest BCUT2D eigenvalue weighted by atomic mass is 35.5. The van der Waals surface area contributed by atoms with Gasteiger partial charge in [-0.05, 0) is 30.3 Å². The Kier molecular flexibility index (Phi) is 5.31. The monoisotopic (exact) mass is 398 g/mol. The van der Waals surface area contributed by atoms with E-state index in [2.05, 4.69) is 9.73 Å². The van der Waals surface area contributed by atoms with Gasteiger partial charge in [0.05, 0.1) is 33.0 Å². The number of aryl methyl sites for hydroxylation is 1. The van der Waals surface area contributed by atoms with Crippen molar-refractivity contribution in [2.45, 2.75) is 13.0 Å². The Hall–Kier alpha value is -2.03. The molecule has 3 aromatic rings. The van der Waals surface area contributed by atoms with E-state index in [1.54, 1.807) is 22.8 Å². The third kappa shape index (κ3) is 3.97. The van der Waals surface area contributed by atoms with Crippen LogP contribution in [0.1, 0.15) is 16.1 Å². The Balaban J connectivity index is 2.07. The minimum atomic E-state index is -0.434. The number of methoxy groups -OCH3 is 1. The van der Waals surface area contributed by atoms with Gasteiger partial charge in [-0.1, -0.05) is 22.9 Å². The summed E-state index contributed by atoms with van der Waals surface area (Å²) in [4.78, 5) is 28.7. The molecule has 1 aromatic carbocycles. The Labute approximate surface area is 155 Å². The lowest BCUT2D eigenvalue weighted by atomic mass is 10.3. The van der Waals surface area contributed by atoms with Crippen LogP contribution in [0.3, 0.4) is 0 Å². The van der Waals surface area contributed by atoms with Crippen LogP contribution in [-0.4, -0.2) is 23.6 Å². The second kappa shape index (κ2) is 7.47. The highest BCUT2D eigenvalue weighted by molar-refractivity contribution is 7.18. The predicted molar refractivity (Wildman–Crippen MR) is 95.6 cm³/mol. The molecule has 9 heteroatoms. The van der Waals surface area contributed by atoms with Gasteiger partial charge in [0.2, 0.25) is 0 Å². The van der Waals surface area contributed by atoms with E-state index < -0.39 is 5.91 Å². The van der Waals surface area contributed by atoms with E-state index in [4.69, 9.17) is 11.6 Å². The van der Waals surface area contributed by atoms with Crippen LogP contribution in [0.5, 0.6) is 0 Å². The van der Waals surface area contributed by atoms with E-state index in [0.29, 0.717) is 24.2 Å². The summed E-state index contributed by atoms with van der Waals surface area (Å²) < 4.78 is 21.0. The third-order valence-electron chi connectivity index (χ3n) is 3.39. The zero-order valence-electron chi connectivity index (χ0n) is 13.0. The molecule has 0 saturated heterocycles. The molecule has 0 radical (unpaired) electrons. The number of fused-ring (bicyclic) bond motifs is 1. The van der Waals surface area contributed by atoms with Crippen molar-refractivity contribution in [3.05, 3.63) is 50.2 Å². The number of benzene rings is 1. The molecule has 130 valence electrons. The van der Waals surface area contributed by atoms with Crippen LogP contribution in [-0.2, 0) is 16.1 Å².